The summed E-state index contributed by atoms with van der Waals surface area (Å²) in [5, 5.41) is 3.46. The van der Waals surface area contributed by atoms with Gasteiger partial charge in [0.05, 0.1) is 7.11 Å². The van der Waals surface area contributed by atoms with Crippen LogP contribution in [0.25, 0.3) is 0 Å². The van der Waals surface area contributed by atoms with Crippen molar-refractivity contribution in [1.82, 2.24) is 4.90 Å². The van der Waals surface area contributed by atoms with E-state index in [2.05, 4.69) is 17.2 Å². The molecule has 0 spiro atoms. The Kier molecular flexibility index (Phi) is 4.89. The third kappa shape index (κ3) is 3.67. The van der Waals surface area contributed by atoms with E-state index in [0.717, 1.165) is 30.8 Å². The highest BCUT2D eigenvalue weighted by molar-refractivity contribution is 5.93. The van der Waals surface area contributed by atoms with Crippen molar-refractivity contribution in [3.8, 4) is 17.6 Å². The van der Waals surface area contributed by atoms with Crippen molar-refractivity contribution in [2.24, 2.45) is 0 Å². The molecule has 1 heterocycles. The van der Waals surface area contributed by atoms with Crippen molar-refractivity contribution >= 4 is 11.6 Å². The summed E-state index contributed by atoms with van der Waals surface area (Å²) in [7, 11) is 1.65. The zero-order valence-corrected chi connectivity index (χ0v) is 12.0. The minimum atomic E-state index is -0.0752. The van der Waals surface area contributed by atoms with Crippen LogP contribution in [0.1, 0.15) is 19.8 Å². The molecule has 1 atom stereocenters. The molecule has 4 heteroatoms. The number of amides is 1. The molecule has 0 aliphatic carbocycles. The first-order valence-electron chi connectivity index (χ1n) is 6.85. The number of benzene rings is 1. The van der Waals surface area contributed by atoms with Gasteiger partial charge < -0.3 is 15.0 Å². The number of piperidine rings is 1. The van der Waals surface area contributed by atoms with Crippen molar-refractivity contribution < 1.29 is 9.53 Å². The summed E-state index contributed by atoms with van der Waals surface area (Å²) in [6, 6.07) is 8.12. The summed E-state index contributed by atoms with van der Waals surface area (Å²) >= 11 is 0. The lowest BCUT2D eigenvalue weighted by molar-refractivity contribution is -0.126. The number of likely N-dealkylation sites (tertiary alicyclic amines) is 1. The predicted octanol–water partition coefficient (Wildman–Crippen LogP) is 2.12. The first kappa shape index (κ1) is 14.3. The Labute approximate surface area is 120 Å². The van der Waals surface area contributed by atoms with Gasteiger partial charge in [0.15, 0.2) is 0 Å². The van der Waals surface area contributed by atoms with Gasteiger partial charge in [-0.3, -0.25) is 4.79 Å². The Balaban J connectivity index is 1.94. The smallest absolute Gasteiger partial charge is 0.298 e. The van der Waals surface area contributed by atoms with E-state index in [9.17, 15) is 4.79 Å². The molecule has 1 saturated heterocycles. The second-order valence-electron chi connectivity index (χ2n) is 4.84. The van der Waals surface area contributed by atoms with Gasteiger partial charge >= 0.3 is 0 Å². The minimum Gasteiger partial charge on any atom is -0.497 e. The molecule has 0 saturated carbocycles. The van der Waals surface area contributed by atoms with Crippen LogP contribution < -0.4 is 10.1 Å². The Hall–Kier alpha value is -2.15. The van der Waals surface area contributed by atoms with Crippen LogP contribution in [-0.2, 0) is 4.79 Å². The fourth-order valence-electron chi connectivity index (χ4n) is 2.39. The molecule has 1 amide bonds. The normalized spacial score (nSPS) is 17.9. The summed E-state index contributed by atoms with van der Waals surface area (Å²) < 4.78 is 5.14. The Morgan fingerprint density at radius 1 is 1.40 bits per heavy atom. The van der Waals surface area contributed by atoms with Gasteiger partial charge in [-0.15, -0.1) is 0 Å². The Morgan fingerprint density at radius 3 is 2.80 bits per heavy atom. The van der Waals surface area contributed by atoms with E-state index in [1.807, 2.05) is 29.2 Å². The number of rotatable bonds is 3. The first-order chi connectivity index (χ1) is 9.72. The zero-order valence-electron chi connectivity index (χ0n) is 12.0. The standard InChI is InChI=1S/C16H20N2O2/c1-3-5-16(19)18-11-4-6-14(12-18)17-13-7-9-15(20-2)10-8-13/h7-10,14,17H,4,6,11-12H2,1-2H3/t14-/m0/s1. The van der Waals surface area contributed by atoms with Gasteiger partial charge in [-0.2, -0.15) is 0 Å². The monoisotopic (exact) mass is 272 g/mol. The molecule has 0 bridgehead atoms. The quantitative estimate of drug-likeness (QED) is 0.857. The van der Waals surface area contributed by atoms with E-state index >= 15 is 0 Å². The number of carbonyl (C=O) groups excluding carboxylic acids is 1. The van der Waals surface area contributed by atoms with Crippen LogP contribution in [0.15, 0.2) is 24.3 Å². The van der Waals surface area contributed by atoms with Crippen LogP contribution in [0.4, 0.5) is 5.69 Å². The lowest BCUT2D eigenvalue weighted by Gasteiger charge is -2.32. The Bertz CT molecular complexity index is 514. The van der Waals surface area contributed by atoms with Crippen molar-refractivity contribution in [1.29, 1.82) is 0 Å². The summed E-state index contributed by atoms with van der Waals surface area (Å²) in [6.07, 6.45) is 2.07. The third-order valence-electron chi connectivity index (χ3n) is 3.40. The molecular formula is C16H20N2O2. The fraction of sp³-hybridized carbons (Fsp3) is 0.438. The van der Waals surface area contributed by atoms with Gasteiger partial charge in [0.2, 0.25) is 0 Å². The molecule has 1 aliphatic rings. The molecule has 1 fully saturated rings. The third-order valence-corrected chi connectivity index (χ3v) is 3.40. The highest BCUT2D eigenvalue weighted by Crippen LogP contribution is 2.19. The number of nitrogens with zero attached hydrogens (tertiary/aromatic N) is 1. The molecule has 1 aromatic rings. The molecule has 1 aliphatic heterocycles. The van der Waals surface area contributed by atoms with Crippen LogP contribution in [0, 0.1) is 11.8 Å². The van der Waals surface area contributed by atoms with E-state index in [4.69, 9.17) is 4.74 Å². The maximum Gasteiger partial charge on any atom is 0.298 e. The molecule has 1 N–H and O–H groups in total. The number of nitrogens with one attached hydrogen (secondary N) is 1. The second-order valence-corrected chi connectivity index (χ2v) is 4.84. The first-order valence-corrected chi connectivity index (χ1v) is 6.85. The largest absolute Gasteiger partial charge is 0.497 e. The maximum absolute atomic E-state index is 11.8. The van der Waals surface area contributed by atoms with E-state index in [0.29, 0.717) is 6.54 Å². The van der Waals surface area contributed by atoms with Crippen LogP contribution in [0.2, 0.25) is 0 Å². The highest BCUT2D eigenvalue weighted by Gasteiger charge is 2.22. The number of hydrogen-bond acceptors (Lipinski definition) is 3. The molecule has 0 aromatic heterocycles. The van der Waals surface area contributed by atoms with E-state index in [-0.39, 0.29) is 11.9 Å². The van der Waals surface area contributed by atoms with Gasteiger partial charge in [0, 0.05) is 24.8 Å². The van der Waals surface area contributed by atoms with Crippen molar-refractivity contribution in [3.05, 3.63) is 24.3 Å². The van der Waals surface area contributed by atoms with Gasteiger partial charge in [-0.1, -0.05) is 5.92 Å². The molecule has 1 aromatic carbocycles. The van der Waals surface area contributed by atoms with Crippen molar-refractivity contribution in [2.45, 2.75) is 25.8 Å². The van der Waals surface area contributed by atoms with Gasteiger partial charge in [-0.25, -0.2) is 0 Å². The van der Waals surface area contributed by atoms with Crippen LogP contribution in [0.3, 0.4) is 0 Å². The van der Waals surface area contributed by atoms with Crippen molar-refractivity contribution in [3.63, 3.8) is 0 Å². The topological polar surface area (TPSA) is 41.6 Å². The summed E-state index contributed by atoms with van der Waals surface area (Å²) in [5.41, 5.74) is 1.05. The average Bonchev–Trinajstić information content (AvgIpc) is 2.48. The number of anilines is 1. The molecule has 4 nitrogen and oxygen atoms in total. The molecule has 20 heavy (non-hydrogen) atoms. The lowest BCUT2D eigenvalue weighted by atomic mass is 10.1. The van der Waals surface area contributed by atoms with Gasteiger partial charge in [-0.05, 0) is 50.0 Å². The number of ether oxygens (including phenoxy) is 1. The SMILES string of the molecule is CC#CC(=O)N1CCC[C@H](Nc2ccc(OC)cc2)C1. The summed E-state index contributed by atoms with van der Waals surface area (Å²) in [5.74, 6) is 6.04. The van der Waals surface area contributed by atoms with Crippen molar-refractivity contribution in [2.75, 3.05) is 25.5 Å². The predicted molar refractivity (Wildman–Crippen MR) is 79.7 cm³/mol. The molecular weight excluding hydrogens is 252 g/mol. The van der Waals surface area contributed by atoms with Crippen LogP contribution >= 0.6 is 0 Å². The number of methoxy groups -OCH3 is 1. The van der Waals surface area contributed by atoms with Gasteiger partial charge in [0.1, 0.15) is 5.75 Å². The number of carbonyl (C=O) groups is 1. The second kappa shape index (κ2) is 6.85. The maximum atomic E-state index is 11.8. The zero-order chi connectivity index (χ0) is 14.4. The molecule has 0 radical (unpaired) electrons. The van der Waals surface area contributed by atoms with Crippen LogP contribution in [-0.4, -0.2) is 37.0 Å². The van der Waals surface area contributed by atoms with E-state index < -0.39 is 0 Å². The average molecular weight is 272 g/mol. The fourth-order valence-corrected chi connectivity index (χ4v) is 2.39. The number of hydrogen-bond donors (Lipinski definition) is 1. The molecule has 0 unspecified atom stereocenters. The molecule has 106 valence electrons. The Morgan fingerprint density at radius 2 is 2.15 bits per heavy atom. The lowest BCUT2D eigenvalue weighted by Crippen LogP contribution is -2.44. The van der Waals surface area contributed by atoms with E-state index in [1.54, 1.807) is 14.0 Å². The summed E-state index contributed by atoms with van der Waals surface area (Å²) in [4.78, 5) is 13.6. The minimum absolute atomic E-state index is 0.0752. The summed E-state index contributed by atoms with van der Waals surface area (Å²) in [6.45, 7) is 3.20. The molecule has 2 rings (SSSR count). The highest BCUT2D eigenvalue weighted by atomic mass is 16.5. The van der Waals surface area contributed by atoms with Crippen LogP contribution in [0.5, 0.6) is 5.75 Å². The van der Waals surface area contributed by atoms with Gasteiger partial charge in [0.25, 0.3) is 5.91 Å². The van der Waals surface area contributed by atoms with E-state index in [1.165, 1.54) is 0 Å².